The van der Waals surface area contributed by atoms with Gasteiger partial charge in [-0.15, -0.1) is 0 Å². The Labute approximate surface area is 148 Å². The van der Waals surface area contributed by atoms with Gasteiger partial charge in [0.2, 0.25) is 5.95 Å². The average molecular weight is 346 g/mol. The number of anilines is 1. The quantitative estimate of drug-likeness (QED) is 0.556. The summed E-state index contributed by atoms with van der Waals surface area (Å²) in [6.45, 7) is 0. The number of H-pyrrole nitrogens is 1. The number of imidazole rings is 1. The fourth-order valence-electron chi connectivity index (χ4n) is 2.75. The smallest absolute Gasteiger partial charge is 0.340 e. The Bertz CT molecular complexity index is 1150. The van der Waals surface area contributed by atoms with Crippen molar-refractivity contribution < 1.29 is 14.3 Å². The van der Waals surface area contributed by atoms with E-state index in [-0.39, 0.29) is 11.6 Å². The molecule has 0 bridgehead atoms. The van der Waals surface area contributed by atoms with Crippen molar-refractivity contribution in [3.05, 3.63) is 66.0 Å². The molecule has 2 N–H and O–H groups in total. The third kappa shape index (κ3) is 2.75. The number of fused-ring (bicyclic) bond motifs is 2. The highest BCUT2D eigenvalue weighted by Crippen LogP contribution is 2.20. The van der Waals surface area contributed by atoms with Crippen molar-refractivity contribution in [1.29, 1.82) is 0 Å². The van der Waals surface area contributed by atoms with Crippen LogP contribution in [0, 0.1) is 0 Å². The predicted molar refractivity (Wildman–Crippen MR) is 97.1 cm³/mol. The summed E-state index contributed by atoms with van der Waals surface area (Å²) in [5.41, 5.74) is 1.65. The van der Waals surface area contributed by atoms with Crippen LogP contribution in [0.3, 0.4) is 0 Å². The summed E-state index contributed by atoms with van der Waals surface area (Å²) in [5.74, 6) is -0.651. The molecule has 128 valence electrons. The molecule has 26 heavy (non-hydrogen) atoms. The molecule has 0 fully saturated rings. The molecule has 0 atom stereocenters. The van der Waals surface area contributed by atoms with Crippen LogP contribution in [0.15, 0.2) is 54.7 Å². The molecular weight excluding hydrogens is 332 g/mol. The van der Waals surface area contributed by atoms with E-state index < -0.39 is 11.9 Å². The van der Waals surface area contributed by atoms with E-state index in [1.807, 2.05) is 24.3 Å². The Hall–Kier alpha value is -3.74. The van der Waals surface area contributed by atoms with Gasteiger partial charge in [-0.1, -0.05) is 30.3 Å². The number of benzene rings is 2. The van der Waals surface area contributed by atoms with Crippen molar-refractivity contribution in [1.82, 2.24) is 15.0 Å². The molecule has 0 aliphatic carbocycles. The molecule has 0 saturated carbocycles. The van der Waals surface area contributed by atoms with Crippen LogP contribution in [0.2, 0.25) is 0 Å². The average Bonchev–Trinajstić information content (AvgIpc) is 3.09. The first kappa shape index (κ1) is 15.8. The second kappa shape index (κ2) is 6.29. The molecule has 0 aliphatic rings. The van der Waals surface area contributed by atoms with Gasteiger partial charge in [-0.05, 0) is 23.6 Å². The number of nitrogens with one attached hydrogen (secondary N) is 2. The molecule has 1 amide bonds. The summed E-state index contributed by atoms with van der Waals surface area (Å²) >= 11 is 0. The summed E-state index contributed by atoms with van der Waals surface area (Å²) in [5, 5.41) is 4.55. The summed E-state index contributed by atoms with van der Waals surface area (Å²) in [6, 6.07) is 14.5. The van der Waals surface area contributed by atoms with E-state index in [1.165, 1.54) is 7.11 Å². The van der Waals surface area contributed by atoms with Crippen LogP contribution >= 0.6 is 0 Å². The van der Waals surface area contributed by atoms with Gasteiger partial charge in [-0.3, -0.25) is 15.1 Å². The molecule has 0 radical (unpaired) electrons. The lowest BCUT2D eigenvalue weighted by molar-refractivity contribution is 0.0602. The molecule has 0 saturated heterocycles. The molecule has 2 aromatic carbocycles. The van der Waals surface area contributed by atoms with E-state index in [1.54, 1.807) is 30.5 Å². The number of hydrogen-bond donors (Lipinski definition) is 2. The fraction of sp³-hybridized carbons (Fsp3) is 0.0526. The van der Waals surface area contributed by atoms with Crippen molar-refractivity contribution in [3.8, 4) is 0 Å². The zero-order valence-corrected chi connectivity index (χ0v) is 13.8. The van der Waals surface area contributed by atoms with E-state index >= 15 is 0 Å². The maximum Gasteiger partial charge on any atom is 0.340 e. The van der Waals surface area contributed by atoms with Crippen molar-refractivity contribution in [3.63, 3.8) is 0 Å². The van der Waals surface area contributed by atoms with E-state index in [0.29, 0.717) is 16.6 Å². The number of rotatable bonds is 3. The Morgan fingerprint density at radius 2 is 1.88 bits per heavy atom. The minimum Gasteiger partial charge on any atom is -0.465 e. The molecule has 4 aromatic rings. The molecule has 2 aromatic heterocycles. The molecule has 7 nitrogen and oxygen atoms in total. The number of nitrogens with zero attached hydrogens (tertiary/aromatic N) is 2. The van der Waals surface area contributed by atoms with Gasteiger partial charge in [-0.25, -0.2) is 9.78 Å². The first-order valence-electron chi connectivity index (χ1n) is 7.89. The van der Waals surface area contributed by atoms with Crippen molar-refractivity contribution in [2.24, 2.45) is 0 Å². The van der Waals surface area contributed by atoms with Crippen LogP contribution in [0.1, 0.15) is 20.8 Å². The van der Waals surface area contributed by atoms with E-state index in [4.69, 9.17) is 4.74 Å². The highest BCUT2D eigenvalue weighted by molar-refractivity contribution is 6.06. The molecular formula is C19H14N4O3. The summed E-state index contributed by atoms with van der Waals surface area (Å²) in [7, 11) is 1.31. The van der Waals surface area contributed by atoms with Crippen LogP contribution in [0.25, 0.3) is 21.8 Å². The molecule has 2 heterocycles. The lowest BCUT2D eigenvalue weighted by Gasteiger charge is -2.03. The maximum atomic E-state index is 12.5. The number of methoxy groups -OCH3 is 1. The lowest BCUT2D eigenvalue weighted by Crippen LogP contribution is -2.14. The van der Waals surface area contributed by atoms with Crippen LogP contribution < -0.4 is 5.32 Å². The van der Waals surface area contributed by atoms with Crippen LogP contribution in [0.4, 0.5) is 5.95 Å². The van der Waals surface area contributed by atoms with Gasteiger partial charge in [0.05, 0.1) is 18.2 Å². The zero-order chi connectivity index (χ0) is 18.1. The first-order valence-corrected chi connectivity index (χ1v) is 7.89. The molecule has 0 spiro atoms. The first-order chi connectivity index (χ1) is 12.7. The minimum atomic E-state index is -0.490. The van der Waals surface area contributed by atoms with Gasteiger partial charge < -0.3 is 9.72 Å². The van der Waals surface area contributed by atoms with Crippen LogP contribution in [-0.2, 0) is 4.74 Å². The van der Waals surface area contributed by atoms with Gasteiger partial charge >= 0.3 is 5.97 Å². The van der Waals surface area contributed by atoms with Gasteiger partial charge in [0.15, 0.2) is 0 Å². The Morgan fingerprint density at radius 3 is 2.69 bits per heavy atom. The fourth-order valence-corrected chi connectivity index (χ4v) is 2.75. The Balaban J connectivity index is 1.65. The molecule has 4 rings (SSSR count). The van der Waals surface area contributed by atoms with E-state index in [9.17, 15) is 9.59 Å². The third-order valence-electron chi connectivity index (χ3n) is 4.01. The number of amides is 1. The molecule has 0 aliphatic heterocycles. The van der Waals surface area contributed by atoms with Crippen molar-refractivity contribution in [2.45, 2.75) is 0 Å². The number of carbonyl (C=O) groups is 2. The highest BCUT2D eigenvalue weighted by Gasteiger charge is 2.16. The number of carbonyl (C=O) groups excluding carboxylic acids is 2. The Morgan fingerprint density at radius 1 is 1.08 bits per heavy atom. The van der Waals surface area contributed by atoms with Crippen molar-refractivity contribution in [2.75, 3.05) is 12.4 Å². The number of aromatic amines is 1. The maximum absolute atomic E-state index is 12.5. The van der Waals surface area contributed by atoms with E-state index in [0.717, 1.165) is 10.8 Å². The number of aromatic nitrogens is 3. The van der Waals surface area contributed by atoms with Gasteiger partial charge in [0, 0.05) is 11.6 Å². The summed E-state index contributed by atoms with van der Waals surface area (Å²) in [6.07, 6.45) is 1.65. The normalized spacial score (nSPS) is 10.8. The van der Waals surface area contributed by atoms with E-state index in [2.05, 4.69) is 20.3 Å². The SMILES string of the molecule is COC(=O)c1cccc2[nH]c(NC(=O)c3cc4ccccc4cn3)nc12. The lowest BCUT2D eigenvalue weighted by atomic mass is 10.1. The van der Waals surface area contributed by atoms with Gasteiger partial charge in [-0.2, -0.15) is 0 Å². The van der Waals surface area contributed by atoms with Crippen LogP contribution in [0.5, 0.6) is 0 Å². The summed E-state index contributed by atoms with van der Waals surface area (Å²) < 4.78 is 4.75. The van der Waals surface area contributed by atoms with Gasteiger partial charge in [0.1, 0.15) is 11.2 Å². The van der Waals surface area contributed by atoms with Crippen molar-refractivity contribution >= 4 is 39.6 Å². The predicted octanol–water partition coefficient (Wildman–Crippen LogP) is 3.15. The zero-order valence-electron chi connectivity index (χ0n) is 13.8. The molecule has 0 unspecified atom stereocenters. The van der Waals surface area contributed by atoms with Gasteiger partial charge in [0.25, 0.3) is 5.91 Å². The third-order valence-corrected chi connectivity index (χ3v) is 4.01. The summed E-state index contributed by atoms with van der Waals surface area (Å²) in [4.78, 5) is 35.8. The second-order valence-electron chi connectivity index (χ2n) is 5.65. The van der Waals surface area contributed by atoms with Crippen LogP contribution in [-0.4, -0.2) is 33.9 Å². The minimum absolute atomic E-state index is 0.233. The number of esters is 1. The monoisotopic (exact) mass is 346 g/mol. The highest BCUT2D eigenvalue weighted by atomic mass is 16.5. The Kier molecular flexibility index (Phi) is 3.81. The standard InChI is InChI=1S/C19H14N4O3/c1-26-18(25)13-7-4-8-14-16(13)22-19(21-14)23-17(24)15-9-11-5-2-3-6-12(11)10-20-15/h2-10H,1H3,(H2,21,22,23,24). The second-order valence-corrected chi connectivity index (χ2v) is 5.65. The topological polar surface area (TPSA) is 97.0 Å². The number of hydrogen-bond acceptors (Lipinski definition) is 5. The molecule has 7 heteroatoms. The number of para-hydroxylation sites is 1. The largest absolute Gasteiger partial charge is 0.465 e. The number of pyridine rings is 1. The number of ether oxygens (including phenoxy) is 1.